The molecule has 2 aliphatic rings. The van der Waals surface area contributed by atoms with Crippen LogP contribution < -0.4 is 19.6 Å². The van der Waals surface area contributed by atoms with Crippen molar-refractivity contribution < 1.29 is 47.2 Å². The van der Waals surface area contributed by atoms with Crippen molar-refractivity contribution in [3.63, 3.8) is 0 Å². The summed E-state index contributed by atoms with van der Waals surface area (Å²) in [5, 5.41) is 10.2. The topological polar surface area (TPSA) is 127 Å². The van der Waals surface area contributed by atoms with Gasteiger partial charge in [-0.15, -0.1) is 0 Å². The second-order valence-electron chi connectivity index (χ2n) is 10.2. The molecule has 1 amide bonds. The lowest BCUT2D eigenvalue weighted by Crippen LogP contribution is -2.44. The number of carboxylic acid groups (broad SMARTS) is 1. The number of hydrogen-bond acceptors (Lipinski definition) is 11. The molecule has 5 rings (SSSR count). The summed E-state index contributed by atoms with van der Waals surface area (Å²) in [6, 6.07) is 12.0. The van der Waals surface area contributed by atoms with Crippen molar-refractivity contribution in [2.75, 3.05) is 53.1 Å². The van der Waals surface area contributed by atoms with Crippen molar-refractivity contribution >= 4 is 52.2 Å². The molecule has 15 heteroatoms. The number of thioether (sulfide) groups is 1. The van der Waals surface area contributed by atoms with Gasteiger partial charge in [-0.25, -0.2) is 24.0 Å². The van der Waals surface area contributed by atoms with E-state index in [1.54, 1.807) is 24.3 Å². The van der Waals surface area contributed by atoms with Gasteiger partial charge in [0.15, 0.2) is 15.8 Å². The number of morpholine rings is 1. The maximum absolute atomic E-state index is 14.0. The first-order valence-electron chi connectivity index (χ1n) is 14.3. The fraction of sp³-hybridized carbons (Fsp3) is 0.250. The second-order valence-corrected chi connectivity index (χ2v) is 11.9. The van der Waals surface area contributed by atoms with E-state index in [4.69, 9.17) is 36.3 Å². The SMILES string of the molecule is COc1cc(C(=O)O)ccc1OC(=O)CNN1C(=O)C(=Cc2cc(-c3cc(F)cc(F)c3)ccc2OCCN2CCOCC2)SC1=S. The second kappa shape index (κ2) is 15.5. The van der Waals surface area contributed by atoms with Gasteiger partial charge in [-0.05, 0) is 59.7 Å². The van der Waals surface area contributed by atoms with E-state index in [9.17, 15) is 23.2 Å². The molecular formula is C32H29F2N3O8S2. The maximum Gasteiger partial charge on any atom is 0.335 e. The van der Waals surface area contributed by atoms with Crippen molar-refractivity contribution in [1.82, 2.24) is 15.3 Å². The number of hydrazine groups is 1. The minimum Gasteiger partial charge on any atom is -0.493 e. The third-order valence-electron chi connectivity index (χ3n) is 7.07. The highest BCUT2D eigenvalue weighted by Crippen LogP contribution is 2.35. The summed E-state index contributed by atoms with van der Waals surface area (Å²) < 4.78 is 50.0. The molecule has 246 valence electrons. The van der Waals surface area contributed by atoms with Crippen LogP contribution in [0.1, 0.15) is 15.9 Å². The molecule has 2 heterocycles. The first-order valence-corrected chi connectivity index (χ1v) is 15.5. The quantitative estimate of drug-likeness (QED) is 0.122. The van der Waals surface area contributed by atoms with E-state index in [-0.39, 0.29) is 26.3 Å². The molecule has 2 saturated heterocycles. The highest BCUT2D eigenvalue weighted by Gasteiger charge is 2.33. The first kappa shape index (κ1) is 33.9. The number of rotatable bonds is 12. The zero-order valence-electron chi connectivity index (χ0n) is 25.0. The fourth-order valence-corrected chi connectivity index (χ4v) is 5.94. The van der Waals surface area contributed by atoms with Gasteiger partial charge >= 0.3 is 11.9 Å². The molecule has 11 nitrogen and oxygen atoms in total. The number of carbonyl (C=O) groups excluding carboxylic acids is 2. The van der Waals surface area contributed by atoms with Crippen LogP contribution in [0.5, 0.6) is 17.2 Å². The molecule has 2 N–H and O–H groups in total. The third kappa shape index (κ3) is 8.69. The van der Waals surface area contributed by atoms with Gasteiger partial charge in [0.1, 0.15) is 30.5 Å². The number of nitrogens with one attached hydrogen (secondary N) is 1. The van der Waals surface area contributed by atoms with E-state index >= 15 is 0 Å². The lowest BCUT2D eigenvalue weighted by molar-refractivity contribution is -0.134. The lowest BCUT2D eigenvalue weighted by atomic mass is 10.0. The number of thiocarbonyl (C=S) groups is 1. The number of nitrogens with zero attached hydrogens (tertiary/aromatic N) is 2. The normalized spacial score (nSPS) is 16.1. The van der Waals surface area contributed by atoms with Crippen LogP contribution in [0.15, 0.2) is 59.5 Å². The predicted octanol–water partition coefficient (Wildman–Crippen LogP) is 4.36. The third-order valence-corrected chi connectivity index (χ3v) is 8.37. The summed E-state index contributed by atoms with van der Waals surface area (Å²) in [5.74, 6) is -3.49. The Hall–Kier alpha value is -4.41. The van der Waals surface area contributed by atoms with E-state index in [1.165, 1.54) is 37.4 Å². The van der Waals surface area contributed by atoms with E-state index in [2.05, 4.69) is 10.3 Å². The van der Waals surface area contributed by atoms with E-state index in [1.807, 2.05) is 0 Å². The molecule has 3 aromatic rings. The van der Waals surface area contributed by atoms with Crippen molar-refractivity contribution in [3.8, 4) is 28.4 Å². The molecule has 0 unspecified atom stereocenters. The van der Waals surface area contributed by atoms with Gasteiger partial charge in [-0.2, -0.15) is 0 Å². The van der Waals surface area contributed by atoms with Gasteiger partial charge in [0.05, 0.1) is 30.8 Å². The molecular weight excluding hydrogens is 656 g/mol. The molecule has 2 fully saturated rings. The Labute approximate surface area is 278 Å². The number of aromatic carboxylic acids is 1. The summed E-state index contributed by atoms with van der Waals surface area (Å²) in [7, 11) is 1.30. The van der Waals surface area contributed by atoms with Gasteiger partial charge in [0.25, 0.3) is 5.91 Å². The standard InChI is InChI=1S/C32H29F2N3O8S2/c1-42-27-15-20(31(40)41)3-5-26(27)45-29(38)18-35-37-30(39)28(47-32(37)46)16-22-12-19(21-13-23(33)17-24(34)14-21)2-4-25(22)44-11-8-36-6-9-43-10-7-36/h2-5,12-17,35H,6-11,18H2,1H3,(H,40,41). The smallest absolute Gasteiger partial charge is 0.335 e. The fourth-order valence-electron chi connectivity index (χ4n) is 4.73. The average molecular weight is 686 g/mol. The predicted molar refractivity (Wildman–Crippen MR) is 173 cm³/mol. The Kier molecular flexibility index (Phi) is 11.2. The van der Waals surface area contributed by atoms with Crippen LogP contribution in [0.25, 0.3) is 17.2 Å². The number of ether oxygens (including phenoxy) is 4. The Morgan fingerprint density at radius 3 is 2.45 bits per heavy atom. The van der Waals surface area contributed by atoms with Crippen molar-refractivity contribution in [2.45, 2.75) is 0 Å². The summed E-state index contributed by atoms with van der Waals surface area (Å²) in [6.45, 7) is 3.40. The summed E-state index contributed by atoms with van der Waals surface area (Å²) in [4.78, 5) is 39.6. The minimum absolute atomic E-state index is 0.00575. The Morgan fingerprint density at radius 2 is 1.74 bits per heavy atom. The zero-order chi connectivity index (χ0) is 33.5. The van der Waals surface area contributed by atoms with Crippen LogP contribution in [-0.2, 0) is 14.3 Å². The molecule has 0 radical (unpaired) electrons. The monoisotopic (exact) mass is 685 g/mol. The Bertz CT molecular complexity index is 1710. The Morgan fingerprint density at radius 1 is 1.02 bits per heavy atom. The van der Waals surface area contributed by atoms with Gasteiger partial charge in [-0.3, -0.25) is 14.5 Å². The average Bonchev–Trinajstić information content (AvgIpc) is 3.31. The summed E-state index contributed by atoms with van der Waals surface area (Å²) in [5.41, 5.74) is 3.89. The largest absolute Gasteiger partial charge is 0.493 e. The number of benzene rings is 3. The van der Waals surface area contributed by atoms with Crippen molar-refractivity contribution in [1.29, 1.82) is 0 Å². The molecule has 0 bridgehead atoms. The first-order chi connectivity index (χ1) is 22.6. The maximum atomic E-state index is 14.0. The van der Waals surface area contributed by atoms with E-state index < -0.39 is 36.0 Å². The van der Waals surface area contributed by atoms with Crippen molar-refractivity contribution in [3.05, 3.63) is 82.3 Å². The molecule has 0 atom stereocenters. The van der Waals surface area contributed by atoms with Gasteiger partial charge in [0.2, 0.25) is 0 Å². The molecule has 0 spiro atoms. The number of methoxy groups -OCH3 is 1. The van der Waals surface area contributed by atoms with Crippen LogP contribution in [-0.4, -0.2) is 90.3 Å². The van der Waals surface area contributed by atoms with Crippen molar-refractivity contribution in [2.24, 2.45) is 0 Å². The van der Waals surface area contributed by atoms with Crippen LogP contribution in [0.4, 0.5) is 8.78 Å². The number of halogens is 2. The van der Waals surface area contributed by atoms with Crippen LogP contribution in [0, 0.1) is 11.6 Å². The van der Waals surface area contributed by atoms with Gasteiger partial charge < -0.3 is 24.1 Å². The lowest BCUT2D eigenvalue weighted by Gasteiger charge is -2.26. The summed E-state index contributed by atoms with van der Waals surface area (Å²) >= 11 is 6.37. The molecule has 0 aromatic heterocycles. The molecule has 3 aromatic carbocycles. The number of amides is 1. The summed E-state index contributed by atoms with van der Waals surface area (Å²) in [6.07, 6.45) is 1.57. The Balaban J connectivity index is 1.31. The molecule has 2 aliphatic heterocycles. The number of carbonyl (C=O) groups is 3. The zero-order valence-corrected chi connectivity index (χ0v) is 26.6. The molecule has 0 aliphatic carbocycles. The van der Waals surface area contributed by atoms with Crippen LogP contribution in [0.3, 0.4) is 0 Å². The highest BCUT2D eigenvalue weighted by atomic mass is 32.2. The highest BCUT2D eigenvalue weighted by molar-refractivity contribution is 8.26. The number of esters is 1. The minimum atomic E-state index is -1.17. The van der Waals surface area contributed by atoms with E-state index in [0.29, 0.717) is 48.8 Å². The van der Waals surface area contributed by atoms with Crippen LogP contribution >= 0.6 is 24.0 Å². The number of hydrogen-bond donors (Lipinski definition) is 2. The van der Waals surface area contributed by atoms with Gasteiger partial charge in [-0.1, -0.05) is 30.0 Å². The number of carboxylic acids is 1. The molecule has 0 saturated carbocycles. The van der Waals surface area contributed by atoms with E-state index in [0.717, 1.165) is 35.9 Å². The molecule has 47 heavy (non-hydrogen) atoms. The van der Waals surface area contributed by atoms with Crippen LogP contribution in [0.2, 0.25) is 0 Å². The van der Waals surface area contributed by atoms with Gasteiger partial charge in [0, 0.05) is 31.3 Å².